The second-order valence-electron chi connectivity index (χ2n) is 5.66. The normalized spacial score (nSPS) is 11.9. The molecule has 0 amide bonds. The molecule has 0 aliphatic rings. The molecule has 6 heteroatoms. The van der Waals surface area contributed by atoms with Gasteiger partial charge in [-0.1, -0.05) is 42.5 Å². The predicted molar refractivity (Wildman–Crippen MR) is 97.2 cm³/mol. The first-order valence-electron chi connectivity index (χ1n) is 7.99. The number of ether oxygens (including phenoxy) is 1. The average Bonchev–Trinajstić information content (AvgIpc) is 2.64. The molecule has 0 bridgehead atoms. The van der Waals surface area contributed by atoms with E-state index in [1.54, 1.807) is 24.3 Å². The SMILES string of the molecule is NCC(Cc1ccccc1)Oc1cc(-c2ccccc2O)nnc1N. The monoisotopic (exact) mass is 336 g/mol. The minimum atomic E-state index is -0.244. The Balaban J connectivity index is 1.84. The maximum atomic E-state index is 9.99. The molecule has 6 nitrogen and oxygen atoms in total. The van der Waals surface area contributed by atoms with E-state index in [9.17, 15) is 5.11 Å². The Morgan fingerprint density at radius 2 is 1.72 bits per heavy atom. The summed E-state index contributed by atoms with van der Waals surface area (Å²) in [5.74, 6) is 0.706. The molecular formula is C19H20N4O2. The number of nitrogen functional groups attached to an aromatic ring is 1. The molecule has 0 radical (unpaired) electrons. The first-order valence-corrected chi connectivity index (χ1v) is 7.99. The summed E-state index contributed by atoms with van der Waals surface area (Å²) in [7, 11) is 0. The van der Waals surface area contributed by atoms with E-state index >= 15 is 0 Å². The van der Waals surface area contributed by atoms with Gasteiger partial charge in [-0.05, 0) is 17.7 Å². The number of phenolic OH excluding ortho intramolecular Hbond substituents is 1. The molecule has 0 saturated heterocycles. The van der Waals surface area contributed by atoms with Crippen molar-refractivity contribution in [2.24, 2.45) is 5.73 Å². The lowest BCUT2D eigenvalue weighted by atomic mass is 10.1. The highest BCUT2D eigenvalue weighted by Gasteiger charge is 2.15. The van der Waals surface area contributed by atoms with Gasteiger partial charge in [-0.2, -0.15) is 0 Å². The van der Waals surface area contributed by atoms with E-state index in [2.05, 4.69) is 10.2 Å². The highest BCUT2D eigenvalue weighted by molar-refractivity contribution is 5.68. The van der Waals surface area contributed by atoms with Crippen molar-refractivity contribution in [2.75, 3.05) is 12.3 Å². The molecule has 1 unspecified atom stereocenters. The van der Waals surface area contributed by atoms with Crippen LogP contribution in [0.25, 0.3) is 11.3 Å². The fraction of sp³-hybridized carbons (Fsp3) is 0.158. The molecule has 25 heavy (non-hydrogen) atoms. The van der Waals surface area contributed by atoms with Gasteiger partial charge in [0.25, 0.3) is 0 Å². The number of phenols is 1. The van der Waals surface area contributed by atoms with E-state index < -0.39 is 0 Å². The van der Waals surface area contributed by atoms with Gasteiger partial charge in [-0.25, -0.2) is 0 Å². The first-order chi connectivity index (χ1) is 12.2. The lowest BCUT2D eigenvalue weighted by Crippen LogP contribution is -2.29. The van der Waals surface area contributed by atoms with Crippen LogP contribution in [0.15, 0.2) is 60.7 Å². The number of hydrogen-bond donors (Lipinski definition) is 3. The van der Waals surface area contributed by atoms with Crippen LogP contribution in [0, 0.1) is 0 Å². The molecule has 0 spiro atoms. The van der Waals surface area contributed by atoms with Crippen molar-refractivity contribution in [3.63, 3.8) is 0 Å². The van der Waals surface area contributed by atoms with Crippen molar-refractivity contribution < 1.29 is 9.84 Å². The van der Waals surface area contributed by atoms with Crippen LogP contribution in [-0.4, -0.2) is 28.0 Å². The molecule has 2 aromatic carbocycles. The van der Waals surface area contributed by atoms with E-state index in [1.165, 1.54) is 0 Å². The third-order valence-electron chi connectivity index (χ3n) is 3.83. The summed E-state index contributed by atoms with van der Waals surface area (Å²) < 4.78 is 5.97. The van der Waals surface area contributed by atoms with Crippen LogP contribution in [-0.2, 0) is 6.42 Å². The average molecular weight is 336 g/mol. The highest BCUT2D eigenvalue weighted by Crippen LogP contribution is 2.31. The molecule has 3 aromatic rings. The van der Waals surface area contributed by atoms with Crippen molar-refractivity contribution in [2.45, 2.75) is 12.5 Å². The van der Waals surface area contributed by atoms with E-state index in [1.807, 2.05) is 36.4 Å². The molecular weight excluding hydrogens is 316 g/mol. The molecule has 128 valence electrons. The van der Waals surface area contributed by atoms with Gasteiger partial charge in [0.2, 0.25) is 0 Å². The molecule has 1 heterocycles. The summed E-state index contributed by atoms with van der Waals surface area (Å²) in [6.07, 6.45) is 0.413. The van der Waals surface area contributed by atoms with Gasteiger partial charge < -0.3 is 21.3 Å². The van der Waals surface area contributed by atoms with Crippen molar-refractivity contribution in [1.29, 1.82) is 0 Å². The molecule has 0 aliphatic heterocycles. The number of nitrogens with two attached hydrogens (primary N) is 2. The zero-order chi connectivity index (χ0) is 17.6. The number of benzene rings is 2. The third kappa shape index (κ3) is 4.05. The summed E-state index contributed by atoms with van der Waals surface area (Å²) in [5, 5.41) is 18.0. The molecule has 1 atom stereocenters. The van der Waals surface area contributed by atoms with Crippen LogP contribution in [0.4, 0.5) is 5.82 Å². The predicted octanol–water partition coefficient (Wildman–Crippen LogP) is 2.38. The van der Waals surface area contributed by atoms with Gasteiger partial charge in [0.15, 0.2) is 11.6 Å². The standard InChI is InChI=1S/C19H20N4O2/c20-12-14(10-13-6-2-1-3-7-13)25-18-11-16(22-23-19(18)21)15-8-4-5-9-17(15)24/h1-9,11,14,24H,10,12,20H2,(H2,21,23). The number of aromatic nitrogens is 2. The molecule has 0 fully saturated rings. The van der Waals surface area contributed by atoms with Gasteiger partial charge in [-0.15, -0.1) is 10.2 Å². The first kappa shape index (κ1) is 16.7. The number of anilines is 1. The molecule has 0 aliphatic carbocycles. The largest absolute Gasteiger partial charge is 0.507 e. The quantitative estimate of drug-likeness (QED) is 0.638. The van der Waals surface area contributed by atoms with E-state index in [-0.39, 0.29) is 17.7 Å². The van der Waals surface area contributed by atoms with Gasteiger partial charge in [0.05, 0.1) is 0 Å². The van der Waals surface area contributed by atoms with Crippen LogP contribution in [0.1, 0.15) is 5.56 Å². The second-order valence-corrected chi connectivity index (χ2v) is 5.66. The fourth-order valence-electron chi connectivity index (χ4n) is 2.53. The van der Waals surface area contributed by atoms with Gasteiger partial charge >= 0.3 is 0 Å². The lowest BCUT2D eigenvalue weighted by Gasteiger charge is -2.18. The number of hydrogen-bond acceptors (Lipinski definition) is 6. The smallest absolute Gasteiger partial charge is 0.188 e. The molecule has 1 aromatic heterocycles. The van der Waals surface area contributed by atoms with Gasteiger partial charge in [0, 0.05) is 24.6 Å². The highest BCUT2D eigenvalue weighted by atomic mass is 16.5. The Morgan fingerprint density at radius 3 is 2.44 bits per heavy atom. The summed E-state index contributed by atoms with van der Waals surface area (Å²) >= 11 is 0. The zero-order valence-corrected chi connectivity index (χ0v) is 13.7. The van der Waals surface area contributed by atoms with Crippen LogP contribution in [0.2, 0.25) is 0 Å². The topological polar surface area (TPSA) is 107 Å². The fourth-order valence-corrected chi connectivity index (χ4v) is 2.53. The van der Waals surface area contributed by atoms with Crippen molar-refractivity contribution in [3.8, 4) is 22.8 Å². The Hall–Kier alpha value is -3.12. The van der Waals surface area contributed by atoms with Gasteiger partial charge in [-0.3, -0.25) is 0 Å². The Kier molecular flexibility index (Phi) is 5.11. The van der Waals surface area contributed by atoms with Crippen LogP contribution < -0.4 is 16.2 Å². The molecule has 5 N–H and O–H groups in total. The number of para-hydroxylation sites is 1. The summed E-state index contributed by atoms with van der Waals surface area (Å²) in [6.45, 7) is 0.336. The van der Waals surface area contributed by atoms with Crippen molar-refractivity contribution in [3.05, 3.63) is 66.2 Å². The van der Waals surface area contributed by atoms with E-state index in [0.29, 0.717) is 30.0 Å². The number of nitrogens with zero attached hydrogens (tertiary/aromatic N) is 2. The van der Waals surface area contributed by atoms with E-state index in [4.69, 9.17) is 16.2 Å². The van der Waals surface area contributed by atoms with Crippen LogP contribution >= 0.6 is 0 Å². The minimum Gasteiger partial charge on any atom is -0.507 e. The van der Waals surface area contributed by atoms with Crippen molar-refractivity contribution >= 4 is 5.82 Å². The van der Waals surface area contributed by atoms with E-state index in [0.717, 1.165) is 5.56 Å². The van der Waals surface area contributed by atoms with Crippen molar-refractivity contribution in [1.82, 2.24) is 10.2 Å². The molecule has 0 saturated carbocycles. The zero-order valence-electron chi connectivity index (χ0n) is 13.7. The van der Waals surface area contributed by atoms with Crippen LogP contribution in [0.5, 0.6) is 11.5 Å². The Morgan fingerprint density at radius 1 is 1.00 bits per heavy atom. The maximum Gasteiger partial charge on any atom is 0.188 e. The Labute approximate surface area is 146 Å². The maximum absolute atomic E-state index is 9.99. The second kappa shape index (κ2) is 7.63. The lowest BCUT2D eigenvalue weighted by molar-refractivity contribution is 0.210. The number of rotatable bonds is 6. The number of aromatic hydroxyl groups is 1. The molecule has 3 rings (SSSR count). The minimum absolute atomic E-state index is 0.118. The Bertz CT molecular complexity index is 840. The summed E-state index contributed by atoms with van der Waals surface area (Å²) in [5.41, 5.74) is 13.9. The summed E-state index contributed by atoms with van der Waals surface area (Å²) in [6, 6.07) is 18.5. The third-order valence-corrected chi connectivity index (χ3v) is 3.83. The summed E-state index contributed by atoms with van der Waals surface area (Å²) in [4.78, 5) is 0. The van der Waals surface area contributed by atoms with Gasteiger partial charge in [0.1, 0.15) is 17.5 Å². The van der Waals surface area contributed by atoms with Crippen LogP contribution in [0.3, 0.4) is 0 Å².